The molecule has 0 aromatic heterocycles. The summed E-state index contributed by atoms with van der Waals surface area (Å²) >= 11 is 0. The van der Waals surface area contributed by atoms with Crippen LogP contribution in [-0.2, 0) is 11.8 Å². The molecule has 0 saturated heterocycles. The van der Waals surface area contributed by atoms with Crippen LogP contribution < -0.4 is 0 Å². The van der Waals surface area contributed by atoms with E-state index in [9.17, 15) is 0 Å². The molecule has 0 spiro atoms. The zero-order valence-electron chi connectivity index (χ0n) is 28.8. The fourth-order valence-electron chi connectivity index (χ4n) is 9.21. The van der Waals surface area contributed by atoms with Crippen LogP contribution in [0.1, 0.15) is 48.6 Å². The van der Waals surface area contributed by atoms with E-state index >= 15 is 0 Å². The predicted octanol–water partition coefficient (Wildman–Crippen LogP) is 13.5. The van der Waals surface area contributed by atoms with E-state index in [0.29, 0.717) is 5.92 Å². The van der Waals surface area contributed by atoms with E-state index in [1.54, 1.807) is 0 Å². The van der Waals surface area contributed by atoms with Crippen molar-refractivity contribution >= 4 is 44.0 Å². The minimum Gasteiger partial charge on any atom is -0.0620 e. The topological polar surface area (TPSA) is 0 Å². The molecule has 0 heterocycles. The quantitative estimate of drug-likeness (QED) is 0.169. The summed E-state index contributed by atoms with van der Waals surface area (Å²) < 4.78 is 0. The van der Waals surface area contributed by atoms with Gasteiger partial charge in [0.15, 0.2) is 0 Å². The maximum Gasteiger partial charge on any atom is 0.0159 e. The summed E-state index contributed by atoms with van der Waals surface area (Å²) in [6.07, 6.45) is 3.51. The molecule has 2 aliphatic rings. The Hall–Kier alpha value is -5.72. The summed E-state index contributed by atoms with van der Waals surface area (Å²) in [5.41, 5.74) is 16.2. The van der Waals surface area contributed by atoms with Crippen LogP contribution in [0, 0.1) is 5.92 Å². The molecule has 238 valence electrons. The van der Waals surface area contributed by atoms with Crippen molar-refractivity contribution in [3.63, 3.8) is 0 Å². The third-order valence-electron chi connectivity index (χ3n) is 11.7. The number of rotatable bonds is 3. The average molecular weight is 639 g/mol. The Morgan fingerprint density at radius 3 is 1.76 bits per heavy atom. The molecule has 0 fully saturated rings. The lowest BCUT2D eigenvalue weighted by Crippen LogP contribution is -2.14. The standard InChI is InChI=1S/C50H38/c1-31-28-35-13-4-5-14-36(35)29-43(31)48-41-18-10-8-16-39(41)47(40-17-9-11-19-42(40)48)34-22-20-32(21-23-34)37-25-26-45-44(30-37)49-38-15-7-6-12-33(38)24-27-46(49)50(45,2)3/h4-27,29-31H,28H2,1-3H3. The number of hydrogen-bond acceptors (Lipinski definition) is 0. The molecule has 0 N–H and O–H groups in total. The van der Waals surface area contributed by atoms with Crippen LogP contribution in [0.2, 0.25) is 0 Å². The molecule has 0 nitrogen and oxygen atoms in total. The summed E-state index contributed by atoms with van der Waals surface area (Å²) in [4.78, 5) is 0. The summed E-state index contributed by atoms with van der Waals surface area (Å²) in [7, 11) is 0. The SMILES string of the molecule is CC1Cc2ccccc2C=C1c1c2ccccc2c(-c2ccc(-c3ccc4c(c3)-c3c(ccc5ccccc35)C4(C)C)cc2)c2ccccc12. The first-order valence-electron chi connectivity index (χ1n) is 18.0. The molecule has 0 heteroatoms. The Morgan fingerprint density at radius 1 is 0.480 bits per heavy atom. The number of allylic oxidation sites excluding steroid dienone is 1. The largest absolute Gasteiger partial charge is 0.0620 e. The van der Waals surface area contributed by atoms with Crippen molar-refractivity contribution in [1.82, 2.24) is 0 Å². The second-order valence-electron chi connectivity index (χ2n) is 14.9. The molecule has 0 radical (unpaired) electrons. The van der Waals surface area contributed by atoms with Crippen LogP contribution in [0.4, 0.5) is 0 Å². The second kappa shape index (κ2) is 10.9. The van der Waals surface area contributed by atoms with Gasteiger partial charge in [0.05, 0.1) is 0 Å². The van der Waals surface area contributed by atoms with Gasteiger partial charge >= 0.3 is 0 Å². The Labute approximate surface area is 294 Å². The Bertz CT molecular complexity index is 2640. The zero-order valence-corrected chi connectivity index (χ0v) is 28.8. The van der Waals surface area contributed by atoms with E-state index in [-0.39, 0.29) is 5.41 Å². The molecular formula is C50H38. The number of fused-ring (bicyclic) bond motifs is 8. The Morgan fingerprint density at radius 2 is 1.04 bits per heavy atom. The monoisotopic (exact) mass is 638 g/mol. The highest BCUT2D eigenvalue weighted by molar-refractivity contribution is 6.20. The van der Waals surface area contributed by atoms with Crippen molar-refractivity contribution in [2.75, 3.05) is 0 Å². The molecular weight excluding hydrogens is 601 g/mol. The Balaban J connectivity index is 1.12. The lowest BCUT2D eigenvalue weighted by molar-refractivity contribution is 0.661. The van der Waals surface area contributed by atoms with Gasteiger partial charge in [0, 0.05) is 5.41 Å². The van der Waals surface area contributed by atoms with Crippen molar-refractivity contribution in [3.8, 4) is 33.4 Å². The van der Waals surface area contributed by atoms with Crippen molar-refractivity contribution in [2.24, 2.45) is 5.92 Å². The second-order valence-corrected chi connectivity index (χ2v) is 14.9. The molecule has 2 aliphatic carbocycles. The van der Waals surface area contributed by atoms with Gasteiger partial charge in [-0.05, 0) is 117 Å². The minimum atomic E-state index is -0.0276. The predicted molar refractivity (Wildman–Crippen MR) is 215 cm³/mol. The number of hydrogen-bond donors (Lipinski definition) is 0. The normalized spacial score (nSPS) is 15.9. The van der Waals surface area contributed by atoms with Crippen molar-refractivity contribution in [2.45, 2.75) is 32.6 Å². The third kappa shape index (κ3) is 4.24. The molecule has 0 saturated carbocycles. The van der Waals surface area contributed by atoms with Gasteiger partial charge in [0.1, 0.15) is 0 Å². The van der Waals surface area contributed by atoms with Crippen LogP contribution in [0.5, 0.6) is 0 Å². The summed E-state index contributed by atoms with van der Waals surface area (Å²) in [5.74, 6) is 0.435. The van der Waals surface area contributed by atoms with E-state index in [0.717, 1.165) is 6.42 Å². The van der Waals surface area contributed by atoms with Gasteiger partial charge in [-0.3, -0.25) is 0 Å². The maximum atomic E-state index is 2.45. The number of benzene rings is 8. The lowest BCUT2D eigenvalue weighted by atomic mass is 9.77. The fourth-order valence-corrected chi connectivity index (χ4v) is 9.21. The van der Waals surface area contributed by atoms with Gasteiger partial charge in [-0.15, -0.1) is 0 Å². The first kappa shape index (κ1) is 29.2. The highest BCUT2D eigenvalue weighted by Gasteiger charge is 2.36. The van der Waals surface area contributed by atoms with Gasteiger partial charge in [-0.25, -0.2) is 0 Å². The zero-order chi connectivity index (χ0) is 33.6. The van der Waals surface area contributed by atoms with E-state index in [1.807, 2.05) is 0 Å². The van der Waals surface area contributed by atoms with E-state index in [1.165, 1.54) is 99.1 Å². The molecule has 8 aromatic rings. The highest BCUT2D eigenvalue weighted by Crippen LogP contribution is 2.52. The molecule has 0 aliphatic heterocycles. The van der Waals surface area contributed by atoms with Crippen molar-refractivity contribution in [1.29, 1.82) is 0 Å². The van der Waals surface area contributed by atoms with Crippen molar-refractivity contribution in [3.05, 3.63) is 179 Å². The average Bonchev–Trinajstić information content (AvgIpc) is 3.39. The molecule has 1 atom stereocenters. The summed E-state index contributed by atoms with van der Waals surface area (Å²) in [5, 5.41) is 7.92. The molecule has 50 heavy (non-hydrogen) atoms. The van der Waals surface area contributed by atoms with Gasteiger partial charge in [-0.2, -0.15) is 0 Å². The lowest BCUT2D eigenvalue weighted by Gasteiger charge is -2.26. The summed E-state index contributed by atoms with van der Waals surface area (Å²) in [6.45, 7) is 7.12. The van der Waals surface area contributed by atoms with Gasteiger partial charge in [-0.1, -0.05) is 172 Å². The minimum absolute atomic E-state index is 0.0276. The smallest absolute Gasteiger partial charge is 0.0159 e. The van der Waals surface area contributed by atoms with E-state index in [4.69, 9.17) is 0 Å². The van der Waals surface area contributed by atoms with Crippen LogP contribution in [0.25, 0.3) is 77.3 Å². The Kier molecular flexibility index (Phi) is 6.36. The first-order valence-corrected chi connectivity index (χ1v) is 18.0. The maximum absolute atomic E-state index is 2.45. The molecule has 0 amide bonds. The third-order valence-corrected chi connectivity index (χ3v) is 11.7. The van der Waals surface area contributed by atoms with Crippen LogP contribution in [0.15, 0.2) is 152 Å². The van der Waals surface area contributed by atoms with E-state index in [2.05, 4.69) is 179 Å². The molecule has 8 aromatic carbocycles. The van der Waals surface area contributed by atoms with Crippen LogP contribution in [-0.4, -0.2) is 0 Å². The first-order chi connectivity index (χ1) is 24.5. The van der Waals surface area contributed by atoms with E-state index < -0.39 is 0 Å². The molecule has 0 bridgehead atoms. The van der Waals surface area contributed by atoms with Gasteiger partial charge in [0.25, 0.3) is 0 Å². The van der Waals surface area contributed by atoms with Crippen molar-refractivity contribution < 1.29 is 0 Å². The van der Waals surface area contributed by atoms with Crippen LogP contribution >= 0.6 is 0 Å². The molecule has 1 unspecified atom stereocenters. The van der Waals surface area contributed by atoms with Gasteiger partial charge < -0.3 is 0 Å². The molecule has 10 rings (SSSR count). The van der Waals surface area contributed by atoms with Gasteiger partial charge in [0.2, 0.25) is 0 Å². The highest BCUT2D eigenvalue weighted by atomic mass is 14.4. The fraction of sp³-hybridized carbons (Fsp3) is 0.120. The van der Waals surface area contributed by atoms with Crippen LogP contribution in [0.3, 0.4) is 0 Å². The summed E-state index contributed by atoms with van der Waals surface area (Å²) in [6, 6.07) is 56.9.